The predicted molar refractivity (Wildman–Crippen MR) is 60.9 cm³/mol. The monoisotopic (exact) mass is 243 g/mol. The van der Waals surface area contributed by atoms with Gasteiger partial charge in [0, 0.05) is 17.2 Å². The van der Waals surface area contributed by atoms with Crippen LogP contribution in [0.5, 0.6) is 11.5 Å². The number of ether oxygens (including phenoxy) is 2. The van der Waals surface area contributed by atoms with Crippen LogP contribution in [0.1, 0.15) is 23.7 Å². The zero-order valence-corrected chi connectivity index (χ0v) is 9.75. The molecule has 3 N–H and O–H groups in total. The van der Waals surface area contributed by atoms with Crippen LogP contribution in [0.15, 0.2) is 6.07 Å². The molecule has 88 valence electrons. The van der Waals surface area contributed by atoms with Crippen LogP contribution in [0.3, 0.4) is 0 Å². The van der Waals surface area contributed by atoms with Gasteiger partial charge in [-0.15, -0.1) is 0 Å². The van der Waals surface area contributed by atoms with Gasteiger partial charge in [-0.25, -0.2) is 0 Å². The number of aliphatic hydroxyl groups is 1. The molecule has 0 fully saturated rings. The first-order valence-corrected chi connectivity index (χ1v) is 5.49. The molecular formula is C11H14ClNO3. The molecule has 0 spiro atoms. The minimum atomic E-state index is -0.660. The van der Waals surface area contributed by atoms with Crippen LogP contribution < -0.4 is 15.2 Å². The number of hydrogen-bond donors (Lipinski definition) is 2. The first-order chi connectivity index (χ1) is 7.65. The summed E-state index contributed by atoms with van der Waals surface area (Å²) < 4.78 is 10.6. The lowest BCUT2D eigenvalue weighted by Gasteiger charge is -2.16. The Bertz CT molecular complexity index is 409. The van der Waals surface area contributed by atoms with E-state index < -0.39 is 6.10 Å². The minimum absolute atomic E-state index is 0.197. The zero-order chi connectivity index (χ0) is 11.7. The van der Waals surface area contributed by atoms with Crippen LogP contribution >= 0.6 is 11.6 Å². The van der Waals surface area contributed by atoms with Crippen LogP contribution in [0.2, 0.25) is 5.02 Å². The van der Waals surface area contributed by atoms with Gasteiger partial charge >= 0.3 is 0 Å². The van der Waals surface area contributed by atoms with Crippen molar-refractivity contribution < 1.29 is 14.6 Å². The van der Waals surface area contributed by atoms with Gasteiger partial charge in [-0.05, 0) is 19.9 Å². The van der Waals surface area contributed by atoms with Crippen LogP contribution in [0, 0.1) is 6.92 Å². The summed E-state index contributed by atoms with van der Waals surface area (Å²) in [5, 5.41) is 10.4. The fraction of sp³-hybridized carbons (Fsp3) is 0.455. The third-order valence-electron chi connectivity index (χ3n) is 2.67. The molecule has 1 heterocycles. The van der Waals surface area contributed by atoms with Crippen molar-refractivity contribution in [2.24, 2.45) is 5.73 Å². The summed E-state index contributed by atoms with van der Waals surface area (Å²) in [5.41, 5.74) is 6.92. The Hall–Kier alpha value is -0.970. The molecule has 4 nitrogen and oxygen atoms in total. The summed E-state index contributed by atoms with van der Waals surface area (Å²) in [6, 6.07) is 1.67. The fourth-order valence-electron chi connectivity index (χ4n) is 1.89. The quantitative estimate of drug-likeness (QED) is 0.849. The van der Waals surface area contributed by atoms with Crippen molar-refractivity contribution >= 4 is 11.6 Å². The lowest BCUT2D eigenvalue weighted by molar-refractivity contribution is 0.166. The Balaban J connectivity index is 2.45. The van der Waals surface area contributed by atoms with E-state index in [9.17, 15) is 5.11 Å². The predicted octanol–water partition coefficient (Wildman–Crippen LogP) is 1.76. The number of nitrogens with two attached hydrogens (primary N) is 1. The SMILES string of the molecule is Cc1c2c(cc(Cl)c1C(O)CCN)OCO2. The molecule has 0 saturated carbocycles. The second-order valence-electron chi connectivity index (χ2n) is 3.72. The molecule has 1 atom stereocenters. The molecule has 0 saturated heterocycles. The molecule has 16 heavy (non-hydrogen) atoms. The second kappa shape index (κ2) is 4.49. The highest BCUT2D eigenvalue weighted by Crippen LogP contribution is 2.43. The average molecular weight is 244 g/mol. The van der Waals surface area contributed by atoms with E-state index in [1.807, 2.05) is 6.92 Å². The third-order valence-corrected chi connectivity index (χ3v) is 2.99. The Labute approximate surface area is 98.9 Å². The number of halogens is 1. The molecule has 1 unspecified atom stereocenters. The number of aliphatic hydroxyl groups excluding tert-OH is 1. The van der Waals surface area contributed by atoms with Gasteiger partial charge in [0.25, 0.3) is 0 Å². The molecule has 1 aliphatic heterocycles. The Morgan fingerprint density at radius 1 is 1.56 bits per heavy atom. The Morgan fingerprint density at radius 3 is 3.00 bits per heavy atom. The van der Waals surface area contributed by atoms with Crippen LogP contribution in [-0.4, -0.2) is 18.4 Å². The first kappa shape index (κ1) is 11.5. The number of rotatable bonds is 3. The van der Waals surface area contributed by atoms with E-state index in [2.05, 4.69) is 0 Å². The van der Waals surface area contributed by atoms with Gasteiger partial charge in [-0.1, -0.05) is 11.6 Å². The van der Waals surface area contributed by atoms with Gasteiger partial charge in [-0.3, -0.25) is 0 Å². The summed E-state index contributed by atoms with van der Waals surface area (Å²) >= 11 is 6.11. The third kappa shape index (κ3) is 1.84. The standard InChI is InChI=1S/C11H14ClNO3/c1-6-10(8(14)2-3-13)7(12)4-9-11(6)16-5-15-9/h4,8,14H,2-3,5,13H2,1H3. The Kier molecular flexibility index (Phi) is 3.23. The highest BCUT2D eigenvalue weighted by Gasteiger charge is 2.24. The highest BCUT2D eigenvalue weighted by molar-refractivity contribution is 6.31. The minimum Gasteiger partial charge on any atom is -0.454 e. The van der Waals surface area contributed by atoms with Gasteiger partial charge in [0.05, 0.1) is 11.1 Å². The molecule has 0 aromatic heterocycles. The normalized spacial score (nSPS) is 15.2. The van der Waals surface area contributed by atoms with Crippen molar-refractivity contribution in [1.82, 2.24) is 0 Å². The van der Waals surface area contributed by atoms with E-state index in [0.29, 0.717) is 35.1 Å². The van der Waals surface area contributed by atoms with Crippen molar-refractivity contribution in [1.29, 1.82) is 0 Å². The molecule has 0 aliphatic carbocycles. The summed E-state index contributed by atoms with van der Waals surface area (Å²) in [7, 11) is 0. The van der Waals surface area contributed by atoms with Gasteiger partial charge in [-0.2, -0.15) is 0 Å². The molecule has 5 heteroatoms. The summed E-state index contributed by atoms with van der Waals surface area (Å²) in [6.07, 6.45) is -0.188. The highest BCUT2D eigenvalue weighted by atomic mass is 35.5. The maximum Gasteiger partial charge on any atom is 0.231 e. The Morgan fingerprint density at radius 2 is 2.31 bits per heavy atom. The lowest BCUT2D eigenvalue weighted by atomic mass is 10.00. The molecule has 1 aromatic carbocycles. The van der Waals surface area contributed by atoms with E-state index in [4.69, 9.17) is 26.8 Å². The van der Waals surface area contributed by atoms with E-state index >= 15 is 0 Å². The maximum absolute atomic E-state index is 9.95. The molecule has 1 aromatic rings. The van der Waals surface area contributed by atoms with Gasteiger partial charge in [0.2, 0.25) is 6.79 Å². The molecule has 0 bridgehead atoms. The zero-order valence-electron chi connectivity index (χ0n) is 9.00. The number of benzene rings is 1. The fourth-order valence-corrected chi connectivity index (χ4v) is 2.26. The van der Waals surface area contributed by atoms with Crippen LogP contribution in [-0.2, 0) is 0 Å². The summed E-state index contributed by atoms with van der Waals surface area (Å²) in [4.78, 5) is 0. The molecule has 0 radical (unpaired) electrons. The smallest absolute Gasteiger partial charge is 0.231 e. The number of fused-ring (bicyclic) bond motifs is 1. The maximum atomic E-state index is 9.95. The summed E-state index contributed by atoms with van der Waals surface area (Å²) in [5.74, 6) is 1.29. The van der Waals surface area contributed by atoms with Crippen molar-refractivity contribution in [2.45, 2.75) is 19.4 Å². The first-order valence-electron chi connectivity index (χ1n) is 5.12. The largest absolute Gasteiger partial charge is 0.454 e. The van der Waals surface area contributed by atoms with Crippen LogP contribution in [0.4, 0.5) is 0 Å². The van der Waals surface area contributed by atoms with Gasteiger partial charge in [0.15, 0.2) is 11.5 Å². The topological polar surface area (TPSA) is 64.7 Å². The van der Waals surface area contributed by atoms with E-state index in [-0.39, 0.29) is 6.79 Å². The van der Waals surface area contributed by atoms with E-state index in [1.165, 1.54) is 0 Å². The van der Waals surface area contributed by atoms with E-state index in [0.717, 1.165) is 5.56 Å². The molecular weight excluding hydrogens is 230 g/mol. The lowest BCUT2D eigenvalue weighted by Crippen LogP contribution is -2.08. The van der Waals surface area contributed by atoms with Crippen molar-refractivity contribution in [2.75, 3.05) is 13.3 Å². The van der Waals surface area contributed by atoms with Crippen molar-refractivity contribution in [3.8, 4) is 11.5 Å². The van der Waals surface area contributed by atoms with Gasteiger partial charge in [0.1, 0.15) is 0 Å². The van der Waals surface area contributed by atoms with Crippen LogP contribution in [0.25, 0.3) is 0 Å². The second-order valence-corrected chi connectivity index (χ2v) is 4.13. The molecule has 1 aliphatic rings. The van der Waals surface area contributed by atoms with Crippen molar-refractivity contribution in [3.05, 3.63) is 22.2 Å². The van der Waals surface area contributed by atoms with E-state index in [1.54, 1.807) is 6.07 Å². The number of hydrogen-bond acceptors (Lipinski definition) is 4. The summed E-state index contributed by atoms with van der Waals surface area (Å²) in [6.45, 7) is 2.46. The average Bonchev–Trinajstić information content (AvgIpc) is 2.66. The molecule has 2 rings (SSSR count). The molecule has 0 amide bonds. The van der Waals surface area contributed by atoms with Crippen molar-refractivity contribution in [3.63, 3.8) is 0 Å². The van der Waals surface area contributed by atoms with Gasteiger partial charge < -0.3 is 20.3 Å².